The monoisotopic (exact) mass is 457 g/mol. The molecule has 0 bridgehead atoms. The molecular weight excluding hydrogens is 430 g/mol. The first-order chi connectivity index (χ1) is 15.5. The molecule has 2 aromatic heterocycles. The summed E-state index contributed by atoms with van der Waals surface area (Å²) < 4.78 is 13.1. The molecule has 0 unspecified atom stereocenters. The number of nitrogens with one attached hydrogen (secondary N) is 1. The zero-order chi connectivity index (χ0) is 22.7. The van der Waals surface area contributed by atoms with Crippen molar-refractivity contribution in [3.63, 3.8) is 0 Å². The Labute approximate surface area is 189 Å². The maximum Gasteiger partial charge on any atom is 0.332 e. The predicted octanol–water partition coefficient (Wildman–Crippen LogP) is 2.79. The van der Waals surface area contributed by atoms with Crippen molar-refractivity contribution in [1.82, 2.24) is 9.13 Å². The number of aromatic nitrogens is 2. The highest BCUT2D eigenvalue weighted by molar-refractivity contribution is 7.18. The van der Waals surface area contributed by atoms with Crippen LogP contribution in [0.3, 0.4) is 0 Å². The van der Waals surface area contributed by atoms with Crippen LogP contribution in [0.25, 0.3) is 10.2 Å². The molecule has 32 heavy (non-hydrogen) atoms. The first-order valence-corrected chi connectivity index (χ1v) is 11.6. The summed E-state index contributed by atoms with van der Waals surface area (Å²) in [6.07, 6.45) is 3.82. The van der Waals surface area contributed by atoms with Crippen LogP contribution < -0.4 is 21.3 Å². The summed E-state index contributed by atoms with van der Waals surface area (Å²) in [5.41, 5.74) is 0.874. The highest BCUT2D eigenvalue weighted by Crippen LogP contribution is 2.34. The SMILES string of the molecule is CCOc1ccc(NC(=O)Cn2c(=O)n(CCOC)c(=O)c3c4c(sc32)CCCC4)cc1. The van der Waals surface area contributed by atoms with Crippen LogP contribution in [-0.2, 0) is 35.5 Å². The van der Waals surface area contributed by atoms with Crippen molar-refractivity contribution in [2.24, 2.45) is 0 Å². The molecular formula is C23H27N3O5S. The molecule has 2 heterocycles. The molecule has 1 aromatic carbocycles. The van der Waals surface area contributed by atoms with Gasteiger partial charge in [0, 0.05) is 17.7 Å². The van der Waals surface area contributed by atoms with E-state index in [4.69, 9.17) is 9.47 Å². The number of benzene rings is 1. The number of aryl methyl sites for hydroxylation is 2. The molecule has 170 valence electrons. The molecule has 3 aromatic rings. The third-order valence-corrected chi connectivity index (χ3v) is 6.90. The number of rotatable bonds is 8. The van der Waals surface area contributed by atoms with Crippen LogP contribution in [0.5, 0.6) is 5.75 Å². The van der Waals surface area contributed by atoms with Crippen molar-refractivity contribution < 1.29 is 14.3 Å². The van der Waals surface area contributed by atoms with E-state index in [2.05, 4.69) is 5.32 Å². The van der Waals surface area contributed by atoms with Crippen molar-refractivity contribution in [2.75, 3.05) is 25.6 Å². The summed E-state index contributed by atoms with van der Waals surface area (Å²) in [6.45, 7) is 2.69. The Morgan fingerprint density at radius 1 is 1.12 bits per heavy atom. The molecule has 0 aliphatic heterocycles. The van der Waals surface area contributed by atoms with Gasteiger partial charge in [0.2, 0.25) is 5.91 Å². The van der Waals surface area contributed by atoms with Gasteiger partial charge in [-0.2, -0.15) is 0 Å². The van der Waals surface area contributed by atoms with Crippen LogP contribution in [0.1, 0.15) is 30.2 Å². The largest absolute Gasteiger partial charge is 0.494 e. The van der Waals surface area contributed by atoms with Gasteiger partial charge in [0.05, 0.1) is 25.1 Å². The fraction of sp³-hybridized carbons (Fsp3) is 0.435. The Balaban J connectivity index is 1.70. The van der Waals surface area contributed by atoms with Crippen molar-refractivity contribution in [2.45, 2.75) is 45.7 Å². The molecule has 1 amide bonds. The van der Waals surface area contributed by atoms with E-state index in [1.165, 1.54) is 27.6 Å². The quantitative estimate of drug-likeness (QED) is 0.562. The van der Waals surface area contributed by atoms with Gasteiger partial charge in [0.1, 0.15) is 17.1 Å². The van der Waals surface area contributed by atoms with Gasteiger partial charge in [0.25, 0.3) is 5.56 Å². The van der Waals surface area contributed by atoms with Gasteiger partial charge in [-0.25, -0.2) is 4.79 Å². The average Bonchev–Trinajstić information content (AvgIpc) is 3.18. The van der Waals surface area contributed by atoms with E-state index < -0.39 is 5.69 Å². The standard InChI is InChI=1S/C23H27N3O5S/c1-3-31-16-10-8-15(9-11-16)24-19(27)14-26-22-20(17-6-4-5-7-18(17)32-22)21(28)25(23(26)29)12-13-30-2/h8-11H,3-7,12-14H2,1-2H3,(H,24,27). The van der Waals surface area contributed by atoms with E-state index in [1.54, 1.807) is 24.3 Å². The topological polar surface area (TPSA) is 91.6 Å². The fourth-order valence-electron chi connectivity index (χ4n) is 4.08. The van der Waals surface area contributed by atoms with Crippen molar-refractivity contribution in [1.29, 1.82) is 0 Å². The van der Waals surface area contributed by atoms with E-state index in [0.717, 1.165) is 41.9 Å². The minimum absolute atomic E-state index is 0.148. The number of carbonyl (C=O) groups excluding carboxylic acids is 1. The third-order valence-electron chi connectivity index (χ3n) is 5.59. The molecule has 0 fully saturated rings. The van der Waals surface area contributed by atoms with Crippen LogP contribution >= 0.6 is 11.3 Å². The second kappa shape index (κ2) is 9.70. The lowest BCUT2D eigenvalue weighted by molar-refractivity contribution is -0.116. The van der Waals surface area contributed by atoms with E-state index in [1.807, 2.05) is 6.92 Å². The lowest BCUT2D eigenvalue weighted by Crippen LogP contribution is -2.42. The summed E-state index contributed by atoms with van der Waals surface area (Å²) in [4.78, 5) is 41.0. The van der Waals surface area contributed by atoms with Crippen molar-refractivity contribution in [3.05, 3.63) is 55.5 Å². The molecule has 4 rings (SSSR count). The van der Waals surface area contributed by atoms with Gasteiger partial charge in [0.15, 0.2) is 0 Å². The second-order valence-electron chi connectivity index (χ2n) is 7.71. The zero-order valence-corrected chi connectivity index (χ0v) is 19.1. The van der Waals surface area contributed by atoms with Crippen LogP contribution in [-0.4, -0.2) is 35.4 Å². The number of hydrogen-bond acceptors (Lipinski definition) is 6. The number of nitrogens with zero attached hydrogens (tertiary/aromatic N) is 2. The normalized spacial score (nSPS) is 13.2. The summed E-state index contributed by atoms with van der Waals surface area (Å²) in [5, 5.41) is 3.41. The number of anilines is 1. The van der Waals surface area contributed by atoms with Crippen LogP contribution in [0.15, 0.2) is 33.9 Å². The van der Waals surface area contributed by atoms with E-state index in [9.17, 15) is 14.4 Å². The minimum Gasteiger partial charge on any atom is -0.494 e. The molecule has 1 aliphatic rings. The third kappa shape index (κ3) is 4.35. The van der Waals surface area contributed by atoms with Gasteiger partial charge in [-0.15, -0.1) is 11.3 Å². The molecule has 9 heteroatoms. The molecule has 0 saturated carbocycles. The van der Waals surface area contributed by atoms with Gasteiger partial charge in [-0.05, 0) is 62.4 Å². The number of thiophene rings is 1. The average molecular weight is 458 g/mol. The maximum atomic E-state index is 13.2. The minimum atomic E-state index is -0.486. The zero-order valence-electron chi connectivity index (χ0n) is 18.3. The molecule has 8 nitrogen and oxygen atoms in total. The van der Waals surface area contributed by atoms with Gasteiger partial charge in [-0.1, -0.05) is 0 Å². The number of amides is 1. The number of hydrogen-bond donors (Lipinski definition) is 1. The Kier molecular flexibility index (Phi) is 6.76. The van der Waals surface area contributed by atoms with Crippen molar-refractivity contribution in [3.8, 4) is 5.75 Å². The Hall–Kier alpha value is -2.91. The molecule has 0 spiro atoms. The molecule has 1 N–H and O–H groups in total. The van der Waals surface area contributed by atoms with Crippen LogP contribution in [0.2, 0.25) is 0 Å². The number of carbonyl (C=O) groups is 1. The second-order valence-corrected chi connectivity index (χ2v) is 8.80. The van der Waals surface area contributed by atoms with Gasteiger partial charge >= 0.3 is 5.69 Å². The highest BCUT2D eigenvalue weighted by Gasteiger charge is 2.24. The maximum absolute atomic E-state index is 13.2. The van der Waals surface area contributed by atoms with E-state index in [-0.39, 0.29) is 31.2 Å². The van der Waals surface area contributed by atoms with Gasteiger partial charge < -0.3 is 14.8 Å². The summed E-state index contributed by atoms with van der Waals surface area (Å²) in [6, 6.07) is 7.07. The van der Waals surface area contributed by atoms with Crippen molar-refractivity contribution >= 4 is 33.1 Å². The van der Waals surface area contributed by atoms with E-state index in [0.29, 0.717) is 22.5 Å². The van der Waals surface area contributed by atoms with E-state index >= 15 is 0 Å². The Morgan fingerprint density at radius 3 is 2.59 bits per heavy atom. The van der Waals surface area contributed by atoms with Crippen LogP contribution in [0, 0.1) is 0 Å². The fourth-order valence-corrected chi connectivity index (χ4v) is 5.45. The Morgan fingerprint density at radius 2 is 1.88 bits per heavy atom. The Bertz CT molecular complexity index is 1240. The first-order valence-electron chi connectivity index (χ1n) is 10.8. The predicted molar refractivity (Wildman–Crippen MR) is 125 cm³/mol. The number of ether oxygens (including phenoxy) is 2. The molecule has 1 aliphatic carbocycles. The summed E-state index contributed by atoms with van der Waals surface area (Å²) >= 11 is 1.46. The summed E-state index contributed by atoms with van der Waals surface area (Å²) in [5.74, 6) is 0.388. The lowest BCUT2D eigenvalue weighted by atomic mass is 9.97. The lowest BCUT2D eigenvalue weighted by Gasteiger charge is -2.13. The molecule has 0 atom stereocenters. The number of methoxy groups -OCH3 is 1. The number of fused-ring (bicyclic) bond motifs is 3. The van der Waals surface area contributed by atoms with Crippen LogP contribution in [0.4, 0.5) is 5.69 Å². The molecule has 0 radical (unpaired) electrons. The molecule has 0 saturated heterocycles. The highest BCUT2D eigenvalue weighted by atomic mass is 32.1. The first kappa shape index (κ1) is 22.3. The summed E-state index contributed by atoms with van der Waals surface area (Å²) in [7, 11) is 1.53. The smallest absolute Gasteiger partial charge is 0.332 e. The van der Waals surface area contributed by atoms with Gasteiger partial charge in [-0.3, -0.25) is 18.7 Å².